The van der Waals surface area contributed by atoms with E-state index in [2.05, 4.69) is 10.0 Å². The van der Waals surface area contributed by atoms with Crippen molar-refractivity contribution in [1.29, 1.82) is 0 Å². The third-order valence-electron chi connectivity index (χ3n) is 3.82. The number of ether oxygens (including phenoxy) is 1. The van der Waals surface area contributed by atoms with Crippen molar-refractivity contribution in [3.8, 4) is 5.75 Å². The largest absolute Gasteiger partial charge is 0.494 e. The summed E-state index contributed by atoms with van der Waals surface area (Å²) in [5, 5.41) is 2.77. The number of benzene rings is 2. The zero-order valence-electron chi connectivity index (χ0n) is 15.2. The lowest BCUT2D eigenvalue weighted by Gasteiger charge is -2.12. The second-order valence-electron chi connectivity index (χ2n) is 5.87. The first-order chi connectivity index (χ1) is 12.4. The quantitative estimate of drug-likeness (QED) is 0.739. The van der Waals surface area contributed by atoms with Crippen LogP contribution in [-0.2, 0) is 10.0 Å². The molecule has 0 heterocycles. The molecule has 140 valence electrons. The Bertz CT molecular complexity index is 831. The van der Waals surface area contributed by atoms with Crippen LogP contribution in [0.4, 0.5) is 5.69 Å². The van der Waals surface area contributed by atoms with E-state index in [0.29, 0.717) is 24.3 Å². The molecule has 6 nitrogen and oxygen atoms in total. The summed E-state index contributed by atoms with van der Waals surface area (Å²) in [5.74, 6) is 0.418. The molecular formula is C19H24N2O4S. The topological polar surface area (TPSA) is 84.5 Å². The summed E-state index contributed by atoms with van der Waals surface area (Å²) in [6, 6.07) is 12.7. The van der Waals surface area contributed by atoms with Gasteiger partial charge in [0.05, 0.1) is 11.5 Å². The maximum Gasteiger partial charge on any atom is 0.255 e. The lowest BCUT2D eigenvalue weighted by molar-refractivity contribution is 0.102. The van der Waals surface area contributed by atoms with Crippen molar-refractivity contribution in [2.24, 2.45) is 0 Å². The lowest BCUT2D eigenvalue weighted by Crippen LogP contribution is -2.32. The number of rotatable bonds is 8. The van der Waals surface area contributed by atoms with Gasteiger partial charge in [0.1, 0.15) is 5.75 Å². The van der Waals surface area contributed by atoms with Crippen LogP contribution in [0.5, 0.6) is 5.75 Å². The van der Waals surface area contributed by atoms with Crippen LogP contribution in [0.3, 0.4) is 0 Å². The van der Waals surface area contributed by atoms with Gasteiger partial charge in [-0.2, -0.15) is 0 Å². The number of amides is 1. The van der Waals surface area contributed by atoms with E-state index in [1.54, 1.807) is 31.2 Å². The van der Waals surface area contributed by atoms with Crippen LogP contribution >= 0.6 is 0 Å². The van der Waals surface area contributed by atoms with Gasteiger partial charge < -0.3 is 10.1 Å². The van der Waals surface area contributed by atoms with E-state index in [4.69, 9.17) is 4.74 Å². The summed E-state index contributed by atoms with van der Waals surface area (Å²) in [6.07, 6.45) is 0.696. The van der Waals surface area contributed by atoms with E-state index in [9.17, 15) is 13.2 Å². The predicted octanol–water partition coefficient (Wildman–Crippen LogP) is 3.41. The molecule has 0 saturated carbocycles. The molecule has 2 N–H and O–H groups in total. The van der Waals surface area contributed by atoms with E-state index in [1.807, 2.05) is 13.8 Å². The highest BCUT2D eigenvalue weighted by atomic mass is 32.2. The van der Waals surface area contributed by atoms with Gasteiger partial charge in [0.2, 0.25) is 10.0 Å². The first kappa shape index (κ1) is 19.9. The second-order valence-corrected chi connectivity index (χ2v) is 7.58. The van der Waals surface area contributed by atoms with E-state index in [1.165, 1.54) is 24.3 Å². The molecule has 0 aromatic heterocycles. The Kier molecular flexibility index (Phi) is 6.76. The number of hydrogen-bond donors (Lipinski definition) is 2. The Balaban J connectivity index is 2.06. The van der Waals surface area contributed by atoms with E-state index in [-0.39, 0.29) is 16.8 Å². The van der Waals surface area contributed by atoms with Crippen molar-refractivity contribution < 1.29 is 17.9 Å². The van der Waals surface area contributed by atoms with Crippen molar-refractivity contribution in [2.45, 2.75) is 38.1 Å². The Hall–Kier alpha value is -2.38. The number of anilines is 1. The van der Waals surface area contributed by atoms with Crippen LogP contribution in [0.2, 0.25) is 0 Å². The van der Waals surface area contributed by atoms with Gasteiger partial charge in [0.25, 0.3) is 5.91 Å². The summed E-state index contributed by atoms with van der Waals surface area (Å²) in [4.78, 5) is 12.4. The number of sulfonamides is 1. The maximum absolute atomic E-state index is 12.3. The van der Waals surface area contributed by atoms with Crippen molar-refractivity contribution in [3.63, 3.8) is 0 Å². The second kappa shape index (κ2) is 8.82. The van der Waals surface area contributed by atoms with Crippen molar-refractivity contribution >= 4 is 21.6 Å². The van der Waals surface area contributed by atoms with Crippen molar-refractivity contribution in [2.75, 3.05) is 11.9 Å². The van der Waals surface area contributed by atoms with Crippen LogP contribution < -0.4 is 14.8 Å². The van der Waals surface area contributed by atoms with Crippen LogP contribution in [-0.4, -0.2) is 27.0 Å². The molecule has 1 unspecified atom stereocenters. The van der Waals surface area contributed by atoms with Gasteiger partial charge in [-0.3, -0.25) is 4.79 Å². The molecule has 0 aliphatic carbocycles. The molecule has 2 rings (SSSR count). The number of nitrogens with one attached hydrogen (secondary N) is 2. The fourth-order valence-electron chi connectivity index (χ4n) is 2.21. The molecule has 1 atom stereocenters. The molecule has 0 aliphatic heterocycles. The molecule has 2 aromatic carbocycles. The van der Waals surface area contributed by atoms with Crippen LogP contribution in [0.25, 0.3) is 0 Å². The van der Waals surface area contributed by atoms with Gasteiger partial charge in [0, 0.05) is 17.3 Å². The zero-order valence-corrected chi connectivity index (χ0v) is 16.0. The zero-order chi connectivity index (χ0) is 19.2. The van der Waals surface area contributed by atoms with E-state index < -0.39 is 10.0 Å². The molecule has 26 heavy (non-hydrogen) atoms. The Morgan fingerprint density at radius 3 is 2.19 bits per heavy atom. The highest BCUT2D eigenvalue weighted by molar-refractivity contribution is 7.89. The summed E-state index contributed by atoms with van der Waals surface area (Å²) in [5.41, 5.74) is 1.01. The highest BCUT2D eigenvalue weighted by Crippen LogP contribution is 2.17. The molecule has 0 aliphatic rings. The molecule has 2 aromatic rings. The van der Waals surface area contributed by atoms with Crippen LogP contribution in [0.1, 0.15) is 37.6 Å². The third-order valence-corrected chi connectivity index (χ3v) is 5.42. The fraction of sp³-hybridized carbons (Fsp3) is 0.316. The average Bonchev–Trinajstić information content (AvgIpc) is 2.63. The summed E-state index contributed by atoms with van der Waals surface area (Å²) < 4.78 is 32.4. The molecule has 0 saturated heterocycles. The molecule has 7 heteroatoms. The van der Waals surface area contributed by atoms with Crippen molar-refractivity contribution in [3.05, 3.63) is 54.1 Å². The van der Waals surface area contributed by atoms with Gasteiger partial charge in [-0.05, 0) is 68.8 Å². The van der Waals surface area contributed by atoms with Gasteiger partial charge in [0.15, 0.2) is 0 Å². The minimum absolute atomic E-state index is 0.135. The fourth-order valence-corrected chi connectivity index (χ4v) is 3.53. The van der Waals surface area contributed by atoms with Gasteiger partial charge >= 0.3 is 0 Å². The summed E-state index contributed by atoms with van der Waals surface area (Å²) in [6.45, 7) is 6.18. The van der Waals surface area contributed by atoms with Gasteiger partial charge in [-0.1, -0.05) is 6.92 Å². The minimum Gasteiger partial charge on any atom is -0.494 e. The molecule has 0 bridgehead atoms. The molecular weight excluding hydrogens is 352 g/mol. The van der Waals surface area contributed by atoms with Crippen LogP contribution in [0.15, 0.2) is 53.4 Å². The summed E-state index contributed by atoms with van der Waals surface area (Å²) >= 11 is 0. The molecule has 0 radical (unpaired) electrons. The lowest BCUT2D eigenvalue weighted by atomic mass is 10.2. The normalized spacial score (nSPS) is 12.4. The standard InChI is InChI=1S/C19H24N2O4S/c1-4-14(3)21-26(23,24)18-12-6-15(7-13-18)19(22)20-16-8-10-17(11-9-16)25-5-2/h6-14,21H,4-5H2,1-3H3,(H,20,22). The first-order valence-electron chi connectivity index (χ1n) is 8.52. The SMILES string of the molecule is CCOc1ccc(NC(=O)c2ccc(S(=O)(=O)NC(C)CC)cc2)cc1. The number of carbonyl (C=O) groups is 1. The summed E-state index contributed by atoms with van der Waals surface area (Å²) in [7, 11) is -3.58. The Labute approximate surface area is 154 Å². The van der Waals surface area contributed by atoms with E-state index in [0.717, 1.165) is 5.75 Å². The third kappa shape index (κ3) is 5.31. The first-order valence-corrected chi connectivity index (χ1v) is 10.0. The highest BCUT2D eigenvalue weighted by Gasteiger charge is 2.17. The monoisotopic (exact) mass is 376 g/mol. The molecule has 0 fully saturated rings. The van der Waals surface area contributed by atoms with Gasteiger partial charge in [-0.25, -0.2) is 13.1 Å². The number of hydrogen-bond acceptors (Lipinski definition) is 4. The number of carbonyl (C=O) groups excluding carboxylic acids is 1. The molecule has 1 amide bonds. The minimum atomic E-state index is -3.58. The van der Waals surface area contributed by atoms with E-state index >= 15 is 0 Å². The smallest absolute Gasteiger partial charge is 0.255 e. The van der Waals surface area contributed by atoms with Crippen LogP contribution in [0, 0.1) is 0 Å². The Morgan fingerprint density at radius 1 is 1.04 bits per heavy atom. The van der Waals surface area contributed by atoms with Gasteiger partial charge in [-0.15, -0.1) is 0 Å². The maximum atomic E-state index is 12.3. The Morgan fingerprint density at radius 2 is 1.65 bits per heavy atom. The average molecular weight is 376 g/mol. The predicted molar refractivity (Wildman–Crippen MR) is 102 cm³/mol. The van der Waals surface area contributed by atoms with Crippen molar-refractivity contribution in [1.82, 2.24) is 4.72 Å². The molecule has 0 spiro atoms.